The van der Waals surface area contributed by atoms with Gasteiger partial charge < -0.3 is 4.74 Å². The molecule has 2 nitrogen and oxygen atoms in total. The molecule has 2 bridgehead atoms. The van der Waals surface area contributed by atoms with Crippen LogP contribution in [0.3, 0.4) is 0 Å². The van der Waals surface area contributed by atoms with Crippen LogP contribution in [-0.4, -0.2) is 12.1 Å². The number of rotatable bonds is 2. The predicted molar refractivity (Wildman–Crippen MR) is 59.3 cm³/mol. The lowest BCUT2D eigenvalue weighted by Crippen LogP contribution is -2.63. The third-order valence-corrected chi connectivity index (χ3v) is 5.08. The van der Waals surface area contributed by atoms with Crippen molar-refractivity contribution in [3.8, 4) is 0 Å². The van der Waals surface area contributed by atoms with Gasteiger partial charge in [-0.3, -0.25) is 0 Å². The van der Waals surface area contributed by atoms with Crippen molar-refractivity contribution < 1.29 is 9.53 Å². The average molecular weight is 208 g/mol. The highest BCUT2D eigenvalue weighted by Crippen LogP contribution is 2.68. The Kier molecular flexibility index (Phi) is 2.21. The number of esters is 1. The summed E-state index contributed by atoms with van der Waals surface area (Å²) in [5.74, 6) is 0.545. The minimum absolute atomic E-state index is 0.0861. The molecule has 0 aliphatic heterocycles. The van der Waals surface area contributed by atoms with Gasteiger partial charge in [0.2, 0.25) is 0 Å². The van der Waals surface area contributed by atoms with Crippen molar-refractivity contribution in [2.24, 2.45) is 16.7 Å². The number of hydrogen-bond acceptors (Lipinski definition) is 2. The van der Waals surface area contributed by atoms with Crippen molar-refractivity contribution in [3.63, 3.8) is 0 Å². The Morgan fingerprint density at radius 1 is 1.40 bits per heavy atom. The first-order chi connectivity index (χ1) is 6.91. The minimum atomic E-state index is -0.276. The van der Waals surface area contributed by atoms with E-state index in [4.69, 9.17) is 4.74 Å². The van der Waals surface area contributed by atoms with Gasteiger partial charge in [0.1, 0.15) is 6.10 Å². The zero-order valence-electron chi connectivity index (χ0n) is 9.88. The second-order valence-corrected chi connectivity index (χ2v) is 5.75. The SMILES string of the molecule is C=CC(=O)OC1CCC2CC1(C)C2(C)C. The van der Waals surface area contributed by atoms with E-state index in [9.17, 15) is 4.79 Å². The molecule has 3 rings (SSSR count). The van der Waals surface area contributed by atoms with Crippen LogP contribution in [0.25, 0.3) is 0 Å². The highest BCUT2D eigenvalue weighted by atomic mass is 16.5. The van der Waals surface area contributed by atoms with Gasteiger partial charge in [0.05, 0.1) is 0 Å². The number of carbonyl (C=O) groups excluding carboxylic acids is 1. The lowest BCUT2D eigenvalue weighted by molar-refractivity contribution is -0.225. The molecule has 0 heterocycles. The predicted octanol–water partition coefficient (Wildman–Crippen LogP) is 2.93. The Labute approximate surface area is 91.7 Å². The van der Waals surface area contributed by atoms with E-state index >= 15 is 0 Å². The lowest BCUT2D eigenvalue weighted by atomic mass is 9.39. The highest BCUT2D eigenvalue weighted by molar-refractivity contribution is 5.81. The van der Waals surface area contributed by atoms with Crippen molar-refractivity contribution in [1.29, 1.82) is 0 Å². The van der Waals surface area contributed by atoms with E-state index in [1.165, 1.54) is 18.9 Å². The van der Waals surface area contributed by atoms with E-state index in [1.807, 2.05) is 0 Å². The largest absolute Gasteiger partial charge is 0.459 e. The molecule has 0 aromatic heterocycles. The highest BCUT2D eigenvalue weighted by Gasteiger charge is 2.64. The first-order valence-corrected chi connectivity index (χ1v) is 5.75. The van der Waals surface area contributed by atoms with Crippen LogP contribution in [0.5, 0.6) is 0 Å². The Balaban J connectivity index is 2.14. The van der Waals surface area contributed by atoms with Gasteiger partial charge >= 0.3 is 5.97 Å². The normalized spacial score (nSPS) is 41.5. The lowest BCUT2D eigenvalue weighted by Gasteiger charge is -2.66. The molecular formula is C13H20O2. The molecule has 0 radical (unpaired) electrons. The molecule has 0 amide bonds. The molecule has 15 heavy (non-hydrogen) atoms. The number of fused-ring (bicyclic) bond motifs is 2. The zero-order chi connectivity index (χ0) is 11.3. The van der Waals surface area contributed by atoms with Crippen molar-refractivity contribution in [2.75, 3.05) is 0 Å². The van der Waals surface area contributed by atoms with E-state index in [-0.39, 0.29) is 17.5 Å². The maximum atomic E-state index is 11.3. The number of carbonyl (C=O) groups is 1. The van der Waals surface area contributed by atoms with Crippen molar-refractivity contribution in [3.05, 3.63) is 12.7 Å². The van der Waals surface area contributed by atoms with Crippen molar-refractivity contribution >= 4 is 5.97 Å². The molecule has 3 aliphatic rings. The summed E-state index contributed by atoms with van der Waals surface area (Å²) >= 11 is 0. The summed E-state index contributed by atoms with van der Waals surface area (Å²) < 4.78 is 5.47. The van der Waals surface area contributed by atoms with E-state index in [2.05, 4.69) is 27.4 Å². The van der Waals surface area contributed by atoms with Crippen LogP contribution < -0.4 is 0 Å². The molecule has 3 unspecified atom stereocenters. The Hall–Kier alpha value is -0.790. The van der Waals surface area contributed by atoms with Crippen LogP contribution in [0.4, 0.5) is 0 Å². The van der Waals surface area contributed by atoms with Gasteiger partial charge in [-0.1, -0.05) is 27.4 Å². The summed E-state index contributed by atoms with van der Waals surface area (Å²) in [6.45, 7) is 10.3. The average Bonchev–Trinajstić information content (AvgIpc) is 2.20. The monoisotopic (exact) mass is 208 g/mol. The van der Waals surface area contributed by atoms with E-state index in [0.29, 0.717) is 5.41 Å². The second-order valence-electron chi connectivity index (χ2n) is 5.75. The van der Waals surface area contributed by atoms with Crippen molar-refractivity contribution in [2.45, 2.75) is 46.1 Å². The molecular weight excluding hydrogens is 188 g/mol. The third kappa shape index (κ3) is 1.27. The summed E-state index contributed by atoms with van der Waals surface area (Å²) in [6, 6.07) is 0. The van der Waals surface area contributed by atoms with Crippen LogP contribution >= 0.6 is 0 Å². The maximum Gasteiger partial charge on any atom is 0.330 e. The number of ether oxygens (including phenoxy) is 1. The third-order valence-electron chi connectivity index (χ3n) is 5.08. The zero-order valence-corrected chi connectivity index (χ0v) is 9.88. The summed E-state index contributed by atoms with van der Waals surface area (Å²) in [6.07, 6.45) is 4.76. The second kappa shape index (κ2) is 3.10. The van der Waals surface area contributed by atoms with Crippen LogP contribution in [0, 0.1) is 16.7 Å². The van der Waals surface area contributed by atoms with Gasteiger partial charge in [-0.15, -0.1) is 0 Å². The fraction of sp³-hybridized carbons (Fsp3) is 0.769. The van der Waals surface area contributed by atoms with Crippen LogP contribution in [0.2, 0.25) is 0 Å². The Morgan fingerprint density at radius 2 is 2.07 bits per heavy atom. The standard InChI is InChI=1S/C13H20O2/c1-5-11(14)15-10-7-6-9-8-13(10,4)12(9,2)3/h5,9-10H,1,6-8H2,2-4H3. The molecule has 2 heteroatoms. The quantitative estimate of drug-likeness (QED) is 0.515. The first-order valence-electron chi connectivity index (χ1n) is 5.75. The Bertz CT molecular complexity index is 306. The minimum Gasteiger partial charge on any atom is -0.459 e. The van der Waals surface area contributed by atoms with Gasteiger partial charge in [0, 0.05) is 11.5 Å². The molecule has 0 N–H and O–H groups in total. The summed E-state index contributed by atoms with van der Waals surface area (Å²) in [5, 5.41) is 0. The summed E-state index contributed by atoms with van der Waals surface area (Å²) in [5.41, 5.74) is 0.492. The molecule has 3 saturated carbocycles. The molecule has 0 aromatic rings. The fourth-order valence-corrected chi connectivity index (χ4v) is 3.42. The summed E-state index contributed by atoms with van der Waals surface area (Å²) in [4.78, 5) is 11.3. The molecule has 3 atom stereocenters. The summed E-state index contributed by atoms with van der Waals surface area (Å²) in [7, 11) is 0. The van der Waals surface area contributed by atoms with Crippen LogP contribution in [0.1, 0.15) is 40.0 Å². The fourth-order valence-electron chi connectivity index (χ4n) is 3.42. The van der Waals surface area contributed by atoms with Gasteiger partial charge in [0.15, 0.2) is 0 Å². The molecule has 0 aromatic carbocycles. The Morgan fingerprint density at radius 3 is 2.60 bits per heavy atom. The van der Waals surface area contributed by atoms with E-state index in [0.717, 1.165) is 12.3 Å². The maximum absolute atomic E-state index is 11.3. The molecule has 84 valence electrons. The van der Waals surface area contributed by atoms with Gasteiger partial charge in [-0.2, -0.15) is 0 Å². The van der Waals surface area contributed by atoms with E-state index in [1.54, 1.807) is 0 Å². The van der Waals surface area contributed by atoms with E-state index < -0.39 is 0 Å². The topological polar surface area (TPSA) is 26.3 Å². The molecule has 0 spiro atoms. The smallest absolute Gasteiger partial charge is 0.330 e. The van der Waals surface area contributed by atoms with Gasteiger partial charge in [-0.05, 0) is 30.6 Å². The first kappa shape index (κ1) is 10.7. The van der Waals surface area contributed by atoms with Crippen molar-refractivity contribution in [1.82, 2.24) is 0 Å². The number of hydrogen-bond donors (Lipinski definition) is 0. The van der Waals surface area contributed by atoms with Gasteiger partial charge in [-0.25, -0.2) is 4.79 Å². The van der Waals surface area contributed by atoms with Gasteiger partial charge in [0.25, 0.3) is 0 Å². The van der Waals surface area contributed by atoms with Crippen LogP contribution in [-0.2, 0) is 9.53 Å². The molecule has 0 saturated heterocycles. The molecule has 3 fully saturated rings. The molecule has 3 aliphatic carbocycles. The van der Waals surface area contributed by atoms with Crippen LogP contribution in [0.15, 0.2) is 12.7 Å².